The third kappa shape index (κ3) is 2.80. The summed E-state index contributed by atoms with van der Waals surface area (Å²) in [5, 5.41) is 16.3. The van der Waals surface area contributed by atoms with Crippen LogP contribution in [0, 0.1) is 5.82 Å². The van der Waals surface area contributed by atoms with Gasteiger partial charge >= 0.3 is 12.1 Å². The molecule has 1 N–H and O–H groups in total. The lowest BCUT2D eigenvalue weighted by Gasteiger charge is -2.08. The zero-order chi connectivity index (χ0) is 17.5. The van der Waals surface area contributed by atoms with Gasteiger partial charge in [-0.1, -0.05) is 17.3 Å². The largest absolute Gasteiger partial charge is 0.478 e. The van der Waals surface area contributed by atoms with E-state index in [1.54, 1.807) is 0 Å². The summed E-state index contributed by atoms with van der Waals surface area (Å²) in [7, 11) is 0. The fraction of sp³-hybridized carbons (Fsp3) is 0.133. The summed E-state index contributed by atoms with van der Waals surface area (Å²) in [4.78, 5) is 10.9. The second-order valence-electron chi connectivity index (χ2n) is 5.03. The number of alkyl halides is 3. The average molecular weight is 339 g/mol. The number of aromatic nitrogens is 3. The molecule has 2 aromatic carbocycles. The summed E-state index contributed by atoms with van der Waals surface area (Å²) in [6.07, 6.45) is -4.50. The van der Waals surface area contributed by atoms with Crippen molar-refractivity contribution in [1.82, 2.24) is 15.0 Å². The standard InChI is InChI=1S/C15H9F4N3O2/c16-13-8(2-1-3-10(13)14(23)24)7-22-12-5-4-9(15(17,18)19)6-11(12)20-21-22/h1-6H,7H2,(H,23,24). The summed E-state index contributed by atoms with van der Waals surface area (Å²) in [6.45, 7) is -0.158. The third-order valence-electron chi connectivity index (χ3n) is 3.47. The Morgan fingerprint density at radius 2 is 1.96 bits per heavy atom. The van der Waals surface area contributed by atoms with Gasteiger partial charge in [0.2, 0.25) is 0 Å². The molecule has 9 heteroatoms. The lowest BCUT2D eigenvalue weighted by molar-refractivity contribution is -0.137. The predicted molar refractivity (Wildman–Crippen MR) is 75.0 cm³/mol. The molecule has 0 aliphatic heterocycles. The number of carboxylic acids is 1. The number of hydrogen-bond donors (Lipinski definition) is 1. The molecule has 1 aromatic heterocycles. The summed E-state index contributed by atoms with van der Waals surface area (Å²) in [5.74, 6) is -2.33. The van der Waals surface area contributed by atoms with Crippen LogP contribution in [0.15, 0.2) is 36.4 Å². The van der Waals surface area contributed by atoms with Crippen molar-refractivity contribution in [2.45, 2.75) is 12.7 Å². The van der Waals surface area contributed by atoms with Gasteiger partial charge < -0.3 is 5.11 Å². The highest BCUT2D eigenvalue weighted by atomic mass is 19.4. The average Bonchev–Trinajstić information content (AvgIpc) is 2.90. The van der Waals surface area contributed by atoms with Crippen LogP contribution in [0.25, 0.3) is 11.0 Å². The van der Waals surface area contributed by atoms with Crippen molar-refractivity contribution in [3.05, 3.63) is 58.9 Å². The minimum atomic E-state index is -4.50. The molecule has 0 fully saturated rings. The molecular weight excluding hydrogens is 330 g/mol. The van der Waals surface area contributed by atoms with Gasteiger partial charge in [-0.05, 0) is 24.3 Å². The van der Waals surface area contributed by atoms with E-state index in [1.165, 1.54) is 22.9 Å². The predicted octanol–water partition coefficient (Wildman–Crippen LogP) is 3.34. The summed E-state index contributed by atoms with van der Waals surface area (Å²) in [6, 6.07) is 6.80. The van der Waals surface area contributed by atoms with Gasteiger partial charge in [0.15, 0.2) is 0 Å². The number of rotatable bonds is 3. The first kappa shape index (κ1) is 15.9. The molecule has 0 bridgehead atoms. The molecule has 3 aromatic rings. The lowest BCUT2D eigenvalue weighted by atomic mass is 10.1. The number of fused-ring (bicyclic) bond motifs is 1. The van der Waals surface area contributed by atoms with Crippen LogP contribution >= 0.6 is 0 Å². The fourth-order valence-electron chi connectivity index (χ4n) is 2.29. The normalized spacial score (nSPS) is 11.8. The van der Waals surface area contributed by atoms with Crippen LogP contribution in [0.1, 0.15) is 21.5 Å². The maximum atomic E-state index is 14.1. The van der Waals surface area contributed by atoms with E-state index in [2.05, 4.69) is 10.3 Å². The smallest absolute Gasteiger partial charge is 0.416 e. The minimum Gasteiger partial charge on any atom is -0.478 e. The molecule has 0 saturated heterocycles. The van der Waals surface area contributed by atoms with Crippen molar-refractivity contribution < 1.29 is 27.5 Å². The van der Waals surface area contributed by atoms with Crippen LogP contribution in [0.2, 0.25) is 0 Å². The zero-order valence-corrected chi connectivity index (χ0v) is 11.9. The molecular formula is C15H9F4N3O2. The highest BCUT2D eigenvalue weighted by Gasteiger charge is 2.31. The number of nitrogens with zero attached hydrogens (tertiary/aromatic N) is 3. The van der Waals surface area contributed by atoms with Gasteiger partial charge in [-0.15, -0.1) is 5.10 Å². The number of hydrogen-bond acceptors (Lipinski definition) is 3. The van der Waals surface area contributed by atoms with Crippen LogP contribution in [-0.2, 0) is 12.7 Å². The van der Waals surface area contributed by atoms with Crippen molar-refractivity contribution >= 4 is 17.0 Å². The van der Waals surface area contributed by atoms with Crippen molar-refractivity contribution in [2.24, 2.45) is 0 Å². The van der Waals surface area contributed by atoms with Crippen LogP contribution in [0.5, 0.6) is 0 Å². The first-order chi connectivity index (χ1) is 11.3. The molecule has 0 saturated carbocycles. The quantitative estimate of drug-likeness (QED) is 0.743. The van der Waals surface area contributed by atoms with Crippen LogP contribution in [-0.4, -0.2) is 26.1 Å². The Morgan fingerprint density at radius 3 is 2.62 bits per heavy atom. The Balaban J connectivity index is 2.00. The van der Waals surface area contributed by atoms with E-state index in [1.807, 2.05) is 0 Å². The van der Waals surface area contributed by atoms with E-state index in [4.69, 9.17) is 5.11 Å². The summed E-state index contributed by atoms with van der Waals surface area (Å²) >= 11 is 0. The Bertz CT molecular complexity index is 934. The fourth-order valence-corrected chi connectivity index (χ4v) is 2.29. The van der Waals surface area contributed by atoms with Gasteiger partial charge in [-0.3, -0.25) is 0 Å². The Labute approximate surface area is 132 Å². The number of aromatic carboxylic acids is 1. The van der Waals surface area contributed by atoms with E-state index < -0.39 is 29.1 Å². The number of carbonyl (C=O) groups is 1. The lowest BCUT2D eigenvalue weighted by Crippen LogP contribution is -2.08. The maximum absolute atomic E-state index is 14.1. The Kier molecular flexibility index (Phi) is 3.70. The van der Waals surface area contributed by atoms with Crippen LogP contribution in [0.3, 0.4) is 0 Å². The summed E-state index contributed by atoms with van der Waals surface area (Å²) in [5.41, 5.74) is -1.01. The minimum absolute atomic E-state index is 0.0135. The van der Waals surface area contributed by atoms with E-state index >= 15 is 0 Å². The van der Waals surface area contributed by atoms with Crippen molar-refractivity contribution in [2.75, 3.05) is 0 Å². The van der Waals surface area contributed by atoms with Gasteiger partial charge in [-0.25, -0.2) is 13.9 Å². The molecule has 124 valence electrons. The van der Waals surface area contributed by atoms with E-state index in [0.29, 0.717) is 0 Å². The molecule has 5 nitrogen and oxygen atoms in total. The van der Waals surface area contributed by atoms with Crippen molar-refractivity contribution in [3.63, 3.8) is 0 Å². The molecule has 0 unspecified atom stereocenters. The van der Waals surface area contributed by atoms with Gasteiger partial charge in [-0.2, -0.15) is 13.2 Å². The molecule has 24 heavy (non-hydrogen) atoms. The van der Waals surface area contributed by atoms with Gasteiger partial charge in [0.05, 0.1) is 23.2 Å². The number of benzene rings is 2. The highest BCUT2D eigenvalue weighted by Crippen LogP contribution is 2.31. The van der Waals surface area contributed by atoms with Gasteiger partial charge in [0.25, 0.3) is 0 Å². The monoisotopic (exact) mass is 339 g/mol. The molecule has 1 heterocycles. The first-order valence-electron chi connectivity index (χ1n) is 6.68. The van der Waals surface area contributed by atoms with Gasteiger partial charge in [0.1, 0.15) is 11.3 Å². The van der Waals surface area contributed by atoms with Crippen molar-refractivity contribution in [1.29, 1.82) is 0 Å². The maximum Gasteiger partial charge on any atom is 0.416 e. The molecule has 0 amide bonds. The van der Waals surface area contributed by atoms with E-state index in [9.17, 15) is 22.4 Å². The SMILES string of the molecule is O=C(O)c1cccc(Cn2nnc3cc(C(F)(F)F)ccc32)c1F. The van der Waals surface area contributed by atoms with Gasteiger partial charge in [0, 0.05) is 5.56 Å². The Morgan fingerprint density at radius 1 is 1.21 bits per heavy atom. The molecule has 0 atom stereocenters. The number of halogens is 4. The highest BCUT2D eigenvalue weighted by molar-refractivity contribution is 5.88. The second kappa shape index (κ2) is 5.59. The molecule has 0 spiro atoms. The zero-order valence-electron chi connectivity index (χ0n) is 11.9. The molecule has 0 aliphatic carbocycles. The van der Waals surface area contributed by atoms with E-state index in [0.717, 1.165) is 18.2 Å². The Hall–Kier alpha value is -2.97. The van der Waals surface area contributed by atoms with Crippen LogP contribution in [0.4, 0.5) is 17.6 Å². The number of carboxylic acid groups (broad SMARTS) is 1. The van der Waals surface area contributed by atoms with Crippen molar-refractivity contribution in [3.8, 4) is 0 Å². The van der Waals surface area contributed by atoms with E-state index in [-0.39, 0.29) is 23.1 Å². The van der Waals surface area contributed by atoms with Crippen LogP contribution < -0.4 is 0 Å². The summed E-state index contributed by atoms with van der Waals surface area (Å²) < 4.78 is 53.4. The first-order valence-corrected chi connectivity index (χ1v) is 6.68. The third-order valence-corrected chi connectivity index (χ3v) is 3.47. The second-order valence-corrected chi connectivity index (χ2v) is 5.03. The molecule has 0 aliphatic rings. The topological polar surface area (TPSA) is 68.0 Å². The molecule has 3 rings (SSSR count). The molecule has 0 radical (unpaired) electrons.